The number of carboxylic acids is 6. The molecule has 298 valence electrons. The van der Waals surface area contributed by atoms with Crippen LogP contribution in [0, 0.1) is 0 Å². The van der Waals surface area contributed by atoms with Gasteiger partial charge < -0.3 is 68.9 Å². The SMILES string of the molecule is NCCCC[C@H](NC(=O)[C@H](Cc1ccc(O)cc1)NC(=O)CN)C(=O)O.NCCNC(CC(=O)O)C(CC(=O)O)(CC(=O)O)N(CC(=O)O)CC(=O)O. The lowest BCUT2D eigenvalue weighted by Crippen LogP contribution is -2.65. The van der Waals surface area contributed by atoms with E-state index in [0.717, 1.165) is 0 Å². The van der Waals surface area contributed by atoms with E-state index < -0.39 is 104 Å². The maximum atomic E-state index is 12.5. The van der Waals surface area contributed by atoms with E-state index in [9.17, 15) is 58.8 Å². The van der Waals surface area contributed by atoms with Gasteiger partial charge in [0.2, 0.25) is 11.8 Å². The number of nitrogens with two attached hydrogens (primary N) is 3. The molecular formula is C31H49N7O15. The summed E-state index contributed by atoms with van der Waals surface area (Å²) in [6.45, 7) is -1.91. The Morgan fingerprint density at radius 3 is 1.66 bits per heavy atom. The van der Waals surface area contributed by atoms with E-state index in [1.54, 1.807) is 12.1 Å². The molecule has 0 saturated heterocycles. The van der Waals surface area contributed by atoms with E-state index >= 15 is 0 Å². The van der Waals surface area contributed by atoms with Crippen LogP contribution in [0.15, 0.2) is 24.3 Å². The van der Waals surface area contributed by atoms with Crippen molar-refractivity contribution in [3.63, 3.8) is 0 Å². The number of aromatic hydroxyl groups is 1. The number of hydrogen-bond donors (Lipinski definition) is 13. The highest BCUT2D eigenvalue weighted by atomic mass is 16.4. The summed E-state index contributed by atoms with van der Waals surface area (Å²) in [5, 5.41) is 72.0. The molecule has 0 aliphatic rings. The summed E-state index contributed by atoms with van der Waals surface area (Å²) in [6, 6.07) is 2.70. The topological polar surface area (TPSA) is 396 Å². The minimum absolute atomic E-state index is 0.00972. The third kappa shape index (κ3) is 19.1. The van der Waals surface area contributed by atoms with E-state index in [0.29, 0.717) is 29.8 Å². The highest BCUT2D eigenvalue weighted by Crippen LogP contribution is 2.31. The molecule has 0 radical (unpaired) electrons. The van der Waals surface area contributed by atoms with Gasteiger partial charge in [-0.25, -0.2) is 4.79 Å². The van der Waals surface area contributed by atoms with Crippen molar-refractivity contribution < 1.29 is 74.1 Å². The van der Waals surface area contributed by atoms with Gasteiger partial charge in [-0.1, -0.05) is 12.1 Å². The number of carbonyl (C=O) groups excluding carboxylic acids is 2. The molecule has 22 heteroatoms. The van der Waals surface area contributed by atoms with Crippen LogP contribution in [0.5, 0.6) is 5.75 Å². The minimum Gasteiger partial charge on any atom is -0.508 e. The molecule has 0 heterocycles. The van der Waals surface area contributed by atoms with Crippen molar-refractivity contribution >= 4 is 47.6 Å². The summed E-state index contributed by atoms with van der Waals surface area (Å²) in [4.78, 5) is 92.6. The summed E-state index contributed by atoms with van der Waals surface area (Å²) in [5.41, 5.74) is 14.6. The van der Waals surface area contributed by atoms with Gasteiger partial charge in [-0.05, 0) is 43.5 Å². The van der Waals surface area contributed by atoms with Crippen molar-refractivity contribution in [3.05, 3.63) is 29.8 Å². The average molecular weight is 760 g/mol. The predicted octanol–water partition coefficient (Wildman–Crippen LogP) is -3.39. The highest BCUT2D eigenvalue weighted by molar-refractivity contribution is 5.91. The number of nitrogens with one attached hydrogen (secondary N) is 3. The monoisotopic (exact) mass is 759 g/mol. The molecule has 22 nitrogen and oxygen atoms in total. The van der Waals surface area contributed by atoms with Crippen LogP contribution in [-0.2, 0) is 44.8 Å². The van der Waals surface area contributed by atoms with Gasteiger partial charge in [0.1, 0.15) is 17.8 Å². The summed E-state index contributed by atoms with van der Waals surface area (Å²) in [6.07, 6.45) is -1.20. The first kappa shape index (κ1) is 47.6. The lowest BCUT2D eigenvalue weighted by Gasteiger charge is -2.46. The zero-order chi connectivity index (χ0) is 40.7. The van der Waals surface area contributed by atoms with Gasteiger partial charge in [-0.15, -0.1) is 0 Å². The molecule has 0 aliphatic heterocycles. The fourth-order valence-corrected chi connectivity index (χ4v) is 5.21. The number of rotatable bonds is 26. The van der Waals surface area contributed by atoms with Gasteiger partial charge in [0.15, 0.2) is 0 Å². The molecule has 2 amide bonds. The molecule has 1 aromatic carbocycles. The van der Waals surface area contributed by atoms with Gasteiger partial charge in [-0.3, -0.25) is 38.5 Å². The van der Waals surface area contributed by atoms with E-state index in [-0.39, 0.29) is 38.2 Å². The molecule has 3 atom stereocenters. The normalized spacial score (nSPS) is 12.7. The van der Waals surface area contributed by atoms with Crippen molar-refractivity contribution in [1.82, 2.24) is 20.9 Å². The van der Waals surface area contributed by atoms with E-state index in [1.807, 2.05) is 0 Å². The Morgan fingerprint density at radius 1 is 0.698 bits per heavy atom. The van der Waals surface area contributed by atoms with Crippen LogP contribution in [0.1, 0.15) is 44.1 Å². The van der Waals surface area contributed by atoms with Crippen LogP contribution in [0.25, 0.3) is 0 Å². The smallest absolute Gasteiger partial charge is 0.326 e. The molecule has 1 rings (SSSR count). The van der Waals surface area contributed by atoms with Crippen LogP contribution >= 0.6 is 0 Å². The van der Waals surface area contributed by atoms with Crippen molar-refractivity contribution in [2.75, 3.05) is 39.3 Å². The molecular weight excluding hydrogens is 710 g/mol. The number of nitrogens with zero attached hydrogens (tertiary/aromatic N) is 1. The number of hydrogen-bond acceptors (Lipinski definition) is 14. The second-order valence-corrected chi connectivity index (χ2v) is 11.7. The molecule has 1 unspecified atom stereocenters. The fraction of sp³-hybridized carbons (Fsp3) is 0.548. The number of aliphatic carboxylic acids is 6. The Kier molecular flexibility index (Phi) is 22.2. The molecule has 0 fully saturated rings. The third-order valence-electron chi connectivity index (χ3n) is 7.53. The molecule has 0 saturated carbocycles. The Bertz CT molecular complexity index is 1360. The van der Waals surface area contributed by atoms with Crippen LogP contribution in [-0.4, -0.2) is 151 Å². The Labute approximate surface area is 303 Å². The maximum absolute atomic E-state index is 12.5. The molecule has 1 aromatic rings. The average Bonchev–Trinajstić information content (AvgIpc) is 3.05. The third-order valence-corrected chi connectivity index (χ3v) is 7.53. The number of benzene rings is 1. The van der Waals surface area contributed by atoms with Crippen molar-refractivity contribution in [1.29, 1.82) is 0 Å². The molecule has 0 spiro atoms. The zero-order valence-corrected chi connectivity index (χ0v) is 28.8. The first-order valence-corrected chi connectivity index (χ1v) is 16.1. The second kappa shape index (κ2) is 24.7. The molecule has 16 N–H and O–H groups in total. The Morgan fingerprint density at radius 2 is 1.25 bits per heavy atom. The minimum atomic E-state index is -2.15. The predicted molar refractivity (Wildman–Crippen MR) is 182 cm³/mol. The summed E-state index contributed by atoms with van der Waals surface area (Å²) < 4.78 is 0. The van der Waals surface area contributed by atoms with Crippen molar-refractivity contribution in [2.24, 2.45) is 17.2 Å². The Hall–Kier alpha value is -5.42. The highest BCUT2D eigenvalue weighted by Gasteiger charge is 2.49. The largest absolute Gasteiger partial charge is 0.508 e. The fourth-order valence-electron chi connectivity index (χ4n) is 5.21. The van der Waals surface area contributed by atoms with E-state index in [4.69, 9.17) is 32.5 Å². The van der Waals surface area contributed by atoms with Crippen LogP contribution in [0.3, 0.4) is 0 Å². The second-order valence-electron chi connectivity index (χ2n) is 11.7. The van der Waals surface area contributed by atoms with Gasteiger partial charge in [-0.2, -0.15) is 0 Å². The van der Waals surface area contributed by atoms with Crippen LogP contribution < -0.4 is 33.2 Å². The number of amides is 2. The zero-order valence-electron chi connectivity index (χ0n) is 28.8. The number of carbonyl (C=O) groups is 8. The summed E-state index contributed by atoms with van der Waals surface area (Å²) >= 11 is 0. The van der Waals surface area contributed by atoms with E-state index in [2.05, 4.69) is 16.0 Å². The van der Waals surface area contributed by atoms with Gasteiger partial charge in [0.25, 0.3) is 0 Å². The lowest BCUT2D eigenvalue weighted by molar-refractivity contribution is -0.157. The number of phenolic OH excluding ortho intramolecular Hbond substituents is 1. The van der Waals surface area contributed by atoms with Crippen molar-refractivity contribution in [3.8, 4) is 5.75 Å². The van der Waals surface area contributed by atoms with Gasteiger partial charge >= 0.3 is 35.8 Å². The molecule has 53 heavy (non-hydrogen) atoms. The maximum Gasteiger partial charge on any atom is 0.326 e. The quantitative estimate of drug-likeness (QED) is 0.0410. The first-order chi connectivity index (χ1) is 24.8. The van der Waals surface area contributed by atoms with Crippen LogP contribution in [0.2, 0.25) is 0 Å². The molecule has 0 bridgehead atoms. The van der Waals surface area contributed by atoms with Gasteiger partial charge in [0.05, 0.1) is 44.4 Å². The number of phenols is 1. The summed E-state index contributed by atoms with van der Waals surface area (Å²) in [5.74, 6) is -9.82. The number of carboxylic acid groups (broad SMARTS) is 6. The first-order valence-electron chi connectivity index (χ1n) is 16.1. The van der Waals surface area contributed by atoms with Crippen molar-refractivity contribution in [2.45, 2.75) is 68.6 Å². The van der Waals surface area contributed by atoms with Crippen LogP contribution in [0.4, 0.5) is 0 Å². The summed E-state index contributed by atoms with van der Waals surface area (Å²) in [7, 11) is 0. The van der Waals surface area contributed by atoms with E-state index in [1.165, 1.54) is 12.1 Å². The van der Waals surface area contributed by atoms with Gasteiger partial charge in [0, 0.05) is 25.6 Å². The Balaban J connectivity index is 0.00000102. The number of unbranched alkanes of at least 4 members (excludes halogenated alkanes) is 1. The standard InChI is InChI=1S/C17H26N4O5.C14H23N3O10/c18-8-2-1-3-13(17(25)26)21-16(24)14(20-15(23)10-19)9-11-4-6-12(22)7-5-11;15-1-2-16-8(3-9(18)19)14(4-10(20)21,5-11(22)23)17(6-12(24)25)7-13(26)27/h4-7,13-14,22H,1-3,8-10,18-19H2,(H,20,23)(H,21,24)(H,25,26);8,16H,1-7,15H2,(H,18,19)(H,20,21)(H,22,23)(H,24,25)(H,26,27)/t13-,14-;/m0./s1. The molecule has 0 aliphatic carbocycles. The molecule has 0 aromatic heterocycles. The lowest BCUT2D eigenvalue weighted by atomic mass is 9.79.